The van der Waals surface area contributed by atoms with Crippen LogP contribution in [0.1, 0.15) is 79.6 Å². The van der Waals surface area contributed by atoms with Gasteiger partial charge in [-0.2, -0.15) is 0 Å². The first kappa shape index (κ1) is 28.0. The van der Waals surface area contributed by atoms with Gasteiger partial charge in [0.05, 0.1) is 11.0 Å². The number of alkyl halides is 1. The number of rotatable bonds is 7. The maximum absolute atomic E-state index is 13.9. The number of ketones is 2. The number of aliphatic hydroxyl groups excluding tert-OH is 1. The van der Waals surface area contributed by atoms with Crippen LogP contribution in [0.4, 0.5) is 0 Å². The fourth-order valence-electron chi connectivity index (χ4n) is 8.19. The van der Waals surface area contributed by atoms with Gasteiger partial charge in [-0.05, 0) is 56.1 Å². The normalized spacial score (nSPS) is 42.2. The van der Waals surface area contributed by atoms with Crippen molar-refractivity contribution in [2.45, 2.75) is 96.1 Å². The molecule has 4 aliphatic rings. The lowest BCUT2D eigenvalue weighted by Gasteiger charge is -2.64. The Morgan fingerprint density at radius 2 is 1.86 bits per heavy atom. The number of halogens is 1. The summed E-state index contributed by atoms with van der Waals surface area (Å²) in [4.78, 5) is 49.8. The van der Waals surface area contributed by atoms with Crippen LogP contribution in [-0.2, 0) is 28.7 Å². The van der Waals surface area contributed by atoms with Crippen molar-refractivity contribution in [2.75, 3.05) is 6.61 Å². The van der Waals surface area contributed by atoms with Crippen molar-refractivity contribution < 1.29 is 33.8 Å². The summed E-state index contributed by atoms with van der Waals surface area (Å²) in [7, 11) is 0. The van der Waals surface area contributed by atoms with E-state index in [-0.39, 0.29) is 42.8 Å². The van der Waals surface area contributed by atoms with E-state index in [9.17, 15) is 24.3 Å². The molecule has 0 aliphatic heterocycles. The number of hydrogen-bond acceptors (Lipinski definition) is 7. The van der Waals surface area contributed by atoms with Crippen LogP contribution >= 0.6 is 11.6 Å². The van der Waals surface area contributed by atoms with E-state index in [1.165, 1.54) is 6.08 Å². The van der Waals surface area contributed by atoms with Gasteiger partial charge in [0.15, 0.2) is 18.0 Å². The molecule has 0 spiro atoms. The van der Waals surface area contributed by atoms with E-state index in [1.54, 1.807) is 13.0 Å². The summed E-state index contributed by atoms with van der Waals surface area (Å²) in [5.74, 6) is -2.19. The van der Waals surface area contributed by atoms with E-state index in [0.29, 0.717) is 25.7 Å². The molecule has 0 heterocycles. The Morgan fingerprint density at radius 3 is 2.51 bits per heavy atom. The molecule has 0 saturated heterocycles. The second-order valence-electron chi connectivity index (χ2n) is 11.8. The van der Waals surface area contributed by atoms with Crippen LogP contribution in [0.5, 0.6) is 0 Å². The van der Waals surface area contributed by atoms with E-state index in [2.05, 4.69) is 0 Å². The van der Waals surface area contributed by atoms with E-state index in [0.717, 1.165) is 5.57 Å². The minimum absolute atomic E-state index is 0.0788. The highest BCUT2D eigenvalue weighted by Crippen LogP contribution is 2.72. The average molecular weight is 535 g/mol. The van der Waals surface area contributed by atoms with Gasteiger partial charge < -0.3 is 14.6 Å². The Labute approximate surface area is 224 Å². The van der Waals surface area contributed by atoms with Crippen LogP contribution in [0.2, 0.25) is 0 Å². The number of esters is 2. The summed E-state index contributed by atoms with van der Waals surface area (Å²) in [6, 6.07) is 0. The van der Waals surface area contributed by atoms with Crippen LogP contribution < -0.4 is 0 Å². The van der Waals surface area contributed by atoms with Crippen LogP contribution in [0, 0.1) is 28.6 Å². The predicted molar refractivity (Wildman–Crippen MR) is 138 cm³/mol. The molecular weight excluding hydrogens is 496 g/mol. The molecule has 0 amide bonds. The van der Waals surface area contributed by atoms with E-state index in [1.807, 2.05) is 33.8 Å². The molecule has 3 fully saturated rings. The number of allylic oxidation sites excluding steroid dienone is 4. The summed E-state index contributed by atoms with van der Waals surface area (Å²) in [6.07, 6.45) is 6.84. The fraction of sp³-hybridized carbons (Fsp3) is 0.724. The molecule has 0 bridgehead atoms. The largest absolute Gasteiger partial charge is 0.457 e. The van der Waals surface area contributed by atoms with Crippen LogP contribution in [0.25, 0.3) is 0 Å². The van der Waals surface area contributed by atoms with Crippen LogP contribution in [0.15, 0.2) is 23.8 Å². The van der Waals surface area contributed by atoms with Crippen molar-refractivity contribution in [3.8, 4) is 0 Å². The molecule has 4 aliphatic carbocycles. The lowest BCUT2D eigenvalue weighted by Crippen LogP contribution is -2.69. The second kappa shape index (κ2) is 9.64. The maximum atomic E-state index is 13.9. The van der Waals surface area contributed by atoms with Crippen LogP contribution in [-0.4, -0.2) is 51.8 Å². The van der Waals surface area contributed by atoms with Gasteiger partial charge in [-0.3, -0.25) is 19.2 Å². The predicted octanol–water partition coefficient (Wildman–Crippen LogP) is 4.48. The number of aliphatic hydroxyl groups is 1. The highest BCUT2D eigenvalue weighted by molar-refractivity contribution is 6.26. The average Bonchev–Trinajstić information content (AvgIpc) is 3.05. The zero-order chi connectivity index (χ0) is 27.4. The summed E-state index contributed by atoms with van der Waals surface area (Å²) in [5, 5.41) is 11.8. The molecule has 0 aromatic rings. The molecular formula is C29H39ClO7. The van der Waals surface area contributed by atoms with E-state index in [4.69, 9.17) is 21.1 Å². The third-order valence-corrected chi connectivity index (χ3v) is 10.9. The van der Waals surface area contributed by atoms with Crippen LogP contribution in [0.3, 0.4) is 0 Å². The third-order valence-electron chi connectivity index (χ3n) is 9.98. The van der Waals surface area contributed by atoms with Crippen molar-refractivity contribution in [1.82, 2.24) is 0 Å². The molecule has 0 radical (unpaired) electrons. The van der Waals surface area contributed by atoms with Gasteiger partial charge in [-0.15, -0.1) is 11.6 Å². The topological polar surface area (TPSA) is 107 Å². The van der Waals surface area contributed by atoms with Gasteiger partial charge in [0.1, 0.15) is 0 Å². The molecule has 204 valence electrons. The number of carbonyl (C=O) groups excluding carboxylic acids is 4. The highest BCUT2D eigenvalue weighted by atomic mass is 35.5. The number of Topliss-reactive ketones (excluding diaryl/α,β-unsaturated/α-hetero) is 1. The fourth-order valence-corrected chi connectivity index (χ4v) is 8.71. The molecule has 4 rings (SSSR count). The van der Waals surface area contributed by atoms with Gasteiger partial charge in [0, 0.05) is 29.6 Å². The maximum Gasteiger partial charge on any atom is 0.306 e. The summed E-state index contributed by atoms with van der Waals surface area (Å²) in [6.45, 7) is 8.84. The number of fused-ring (bicyclic) bond motifs is 5. The first-order chi connectivity index (χ1) is 17.3. The van der Waals surface area contributed by atoms with Gasteiger partial charge in [0.2, 0.25) is 5.78 Å². The molecule has 1 N–H and O–H groups in total. The SMILES string of the molecule is CCCC(=O)O[C@]1(C(=O)COC(=O)CC)C(C)C[C@H]2[C@@H]3CCC4=CC(=O)C=C[C@]4(C)[C@@]3(Cl)C(O)C[C@@]21C. The second-order valence-corrected chi connectivity index (χ2v) is 12.4. The van der Waals surface area contributed by atoms with Gasteiger partial charge in [-0.25, -0.2) is 0 Å². The number of ether oxygens (including phenoxy) is 2. The Balaban J connectivity index is 1.80. The molecule has 7 nitrogen and oxygen atoms in total. The lowest BCUT2D eigenvalue weighted by molar-refractivity contribution is -0.203. The zero-order valence-electron chi connectivity index (χ0n) is 22.5. The van der Waals surface area contributed by atoms with Gasteiger partial charge >= 0.3 is 11.9 Å². The Bertz CT molecular complexity index is 1060. The molecule has 8 atom stereocenters. The molecule has 0 aromatic carbocycles. The standard InChI is InChI=1S/C29H39ClO7/c1-6-8-25(35)37-29(23(33)16-36-24(34)7-2)17(3)13-21-20-10-9-18-14-19(31)11-12-26(18,4)28(20,30)22(32)15-27(21,29)5/h11-12,14,17,20-22,32H,6-10,13,15-16H2,1-5H3/t17?,20-,21-,22?,26-,27-,28-,29-/m0/s1. The first-order valence-corrected chi connectivity index (χ1v) is 13.9. The Kier molecular flexibility index (Phi) is 7.30. The number of hydrogen-bond donors (Lipinski definition) is 1. The van der Waals surface area contributed by atoms with Crippen molar-refractivity contribution in [2.24, 2.45) is 28.6 Å². The smallest absolute Gasteiger partial charge is 0.306 e. The molecule has 2 unspecified atom stereocenters. The molecule has 8 heteroatoms. The summed E-state index contributed by atoms with van der Waals surface area (Å²) >= 11 is 7.50. The van der Waals surface area contributed by atoms with Gasteiger partial charge in [0.25, 0.3) is 0 Å². The van der Waals surface area contributed by atoms with E-state index < -0.39 is 51.7 Å². The quantitative estimate of drug-likeness (QED) is 0.379. The summed E-state index contributed by atoms with van der Waals surface area (Å²) < 4.78 is 11.4. The monoisotopic (exact) mass is 534 g/mol. The van der Waals surface area contributed by atoms with Crippen molar-refractivity contribution >= 4 is 35.1 Å². The number of carbonyl (C=O) groups is 4. The molecule has 0 aromatic heterocycles. The zero-order valence-corrected chi connectivity index (χ0v) is 23.2. The molecule has 37 heavy (non-hydrogen) atoms. The Morgan fingerprint density at radius 1 is 1.16 bits per heavy atom. The van der Waals surface area contributed by atoms with Crippen molar-refractivity contribution in [1.29, 1.82) is 0 Å². The van der Waals surface area contributed by atoms with Crippen molar-refractivity contribution in [3.05, 3.63) is 23.8 Å². The first-order valence-electron chi connectivity index (χ1n) is 13.5. The lowest BCUT2D eigenvalue weighted by atomic mass is 9.45. The van der Waals surface area contributed by atoms with Gasteiger partial charge in [-0.1, -0.05) is 46.3 Å². The minimum atomic E-state index is -1.55. The van der Waals surface area contributed by atoms with E-state index >= 15 is 0 Å². The highest BCUT2D eigenvalue weighted by Gasteiger charge is 2.76. The molecule has 3 saturated carbocycles. The summed E-state index contributed by atoms with van der Waals surface area (Å²) in [5.41, 5.74) is -2.27. The third kappa shape index (κ3) is 3.86. The minimum Gasteiger partial charge on any atom is -0.457 e. The van der Waals surface area contributed by atoms with Crippen molar-refractivity contribution in [3.63, 3.8) is 0 Å². The Hall–Kier alpha value is -1.99.